The lowest BCUT2D eigenvalue weighted by molar-refractivity contribution is -0.166. The number of para-hydroxylation sites is 1. The Balaban J connectivity index is 1.28. The van der Waals surface area contributed by atoms with E-state index < -0.39 is 18.1 Å². The molecule has 1 aliphatic rings. The smallest absolute Gasteiger partial charge is 0.290 e. The summed E-state index contributed by atoms with van der Waals surface area (Å²) in [5, 5.41) is 12.8. The molecule has 2 N–H and O–H groups in total. The predicted octanol–water partition coefficient (Wildman–Crippen LogP) is 6.10. The average Bonchev–Trinajstić information content (AvgIpc) is 3.65. The zero-order chi connectivity index (χ0) is 35.9. The first-order valence-electron chi connectivity index (χ1n) is 17.2. The molecule has 0 aliphatic carbocycles. The molecule has 3 aromatic carbocycles. The van der Waals surface area contributed by atoms with Crippen LogP contribution in [0.25, 0.3) is 26.5 Å². The number of aromatic nitrogens is 3. The molecular weight excluding hydrogens is 669 g/mol. The number of anilines is 1. The van der Waals surface area contributed by atoms with Gasteiger partial charge in [0.15, 0.2) is 5.76 Å². The highest BCUT2D eigenvalue weighted by Gasteiger charge is 2.41. The Hall–Kier alpha value is -4.59. The molecule has 0 radical (unpaired) electrons. The molecule has 6 rings (SSSR count). The van der Waals surface area contributed by atoms with Gasteiger partial charge in [-0.15, -0.1) is 11.3 Å². The lowest BCUT2D eigenvalue weighted by Gasteiger charge is -2.36. The van der Waals surface area contributed by atoms with Gasteiger partial charge in [0.1, 0.15) is 5.01 Å². The number of nitrogens with zero attached hydrogens (tertiary/aromatic N) is 3. The van der Waals surface area contributed by atoms with Crippen molar-refractivity contribution in [3.05, 3.63) is 112 Å². The Morgan fingerprint density at radius 3 is 2.47 bits per heavy atom. The Kier molecular flexibility index (Phi) is 11.8. The summed E-state index contributed by atoms with van der Waals surface area (Å²) in [6.07, 6.45) is 1.43. The summed E-state index contributed by atoms with van der Waals surface area (Å²) in [5.41, 5.74) is 5.58. The largest absolute Gasteiger partial charge is 0.459 e. The summed E-state index contributed by atoms with van der Waals surface area (Å²) in [7, 11) is 1.85. The second-order valence-corrected chi connectivity index (χ2v) is 13.4. The highest BCUT2D eigenvalue weighted by molar-refractivity contribution is 7.21. The van der Waals surface area contributed by atoms with Crippen LogP contribution in [0, 0.1) is 19.8 Å². The minimum atomic E-state index is -0.811. The maximum Gasteiger partial charge on any atom is 0.290 e. The van der Waals surface area contributed by atoms with Gasteiger partial charge in [0.25, 0.3) is 11.5 Å². The molecule has 11 nitrogen and oxygen atoms in total. The second-order valence-electron chi connectivity index (χ2n) is 12.4. The van der Waals surface area contributed by atoms with E-state index in [9.17, 15) is 9.59 Å². The third kappa shape index (κ3) is 8.16. The molecule has 0 unspecified atom stereocenters. The monoisotopic (exact) mass is 712 g/mol. The maximum atomic E-state index is 14.2. The van der Waals surface area contributed by atoms with Gasteiger partial charge in [0.2, 0.25) is 6.29 Å². The molecule has 3 atom stereocenters. The van der Waals surface area contributed by atoms with E-state index in [0.717, 1.165) is 32.2 Å². The number of amides is 1. The number of hydrogen-bond acceptors (Lipinski definition) is 9. The van der Waals surface area contributed by atoms with Crippen molar-refractivity contribution in [1.29, 1.82) is 0 Å². The standard InChI is InChI=1S/C39H44N4O7S/c1-5-49-39-30(17-19-47-21-22-48-20-18-44)31(35-26(3)42(4)43(38(35)46)29-9-7-6-8-10-29)24-33(50-39)36(45)40-28-14-12-27(13-15-28)37-41-32-16-11-25(2)23-34(32)51-37/h6-16,23-24,30-31,39,44H,5,17-22H2,1-4H3,(H,40,45)/t30-,31+,39-/m0/s1. The summed E-state index contributed by atoms with van der Waals surface area (Å²) in [4.78, 5) is 32.9. The first kappa shape index (κ1) is 36.2. The number of aliphatic hydroxyl groups excluding tert-OH is 1. The van der Waals surface area contributed by atoms with Crippen LogP contribution in [0.5, 0.6) is 0 Å². The number of fused-ring (bicyclic) bond motifs is 1. The molecule has 0 spiro atoms. The maximum absolute atomic E-state index is 14.2. The third-order valence-corrected chi connectivity index (χ3v) is 10.1. The zero-order valence-corrected chi connectivity index (χ0v) is 30.2. The van der Waals surface area contributed by atoms with E-state index in [0.29, 0.717) is 44.1 Å². The third-order valence-electron chi connectivity index (χ3n) is 9.01. The lowest BCUT2D eigenvalue weighted by Crippen LogP contribution is -2.39. The summed E-state index contributed by atoms with van der Waals surface area (Å²) >= 11 is 1.63. The summed E-state index contributed by atoms with van der Waals surface area (Å²) < 4.78 is 28.2. The Labute approximate surface area is 301 Å². The van der Waals surface area contributed by atoms with E-state index >= 15 is 0 Å². The van der Waals surface area contributed by atoms with Gasteiger partial charge >= 0.3 is 0 Å². The highest BCUT2D eigenvalue weighted by atomic mass is 32.1. The van der Waals surface area contributed by atoms with E-state index in [1.807, 2.05) is 86.2 Å². The van der Waals surface area contributed by atoms with E-state index in [4.69, 9.17) is 29.0 Å². The first-order chi connectivity index (χ1) is 24.8. The molecule has 0 saturated heterocycles. The Morgan fingerprint density at radius 2 is 1.75 bits per heavy atom. The number of hydrogen-bond donors (Lipinski definition) is 2. The quantitative estimate of drug-likeness (QED) is 0.125. The van der Waals surface area contributed by atoms with E-state index in [2.05, 4.69) is 24.4 Å². The van der Waals surface area contributed by atoms with Crippen LogP contribution < -0.4 is 10.9 Å². The van der Waals surface area contributed by atoms with Crippen LogP contribution >= 0.6 is 11.3 Å². The SMILES string of the molecule is CCO[C@H]1OC(C(=O)Nc2ccc(-c3nc4ccc(C)cc4s3)cc2)=C[C@@H](c2c(C)n(C)n(-c3ccccc3)c2=O)[C@@H]1CCOCCOCCO. The molecular formula is C39H44N4O7S. The predicted molar refractivity (Wildman–Crippen MR) is 198 cm³/mol. The fourth-order valence-corrected chi connectivity index (χ4v) is 7.46. The van der Waals surface area contributed by atoms with Gasteiger partial charge in [0, 0.05) is 54.6 Å². The fourth-order valence-electron chi connectivity index (χ4n) is 6.39. The zero-order valence-electron chi connectivity index (χ0n) is 29.3. The number of rotatable bonds is 15. The number of carbonyl (C=O) groups excluding carboxylic acids is 1. The average molecular weight is 713 g/mol. The number of thiazole rings is 1. The van der Waals surface area contributed by atoms with Crippen LogP contribution in [0.1, 0.15) is 36.1 Å². The van der Waals surface area contributed by atoms with E-state index in [1.54, 1.807) is 22.1 Å². The van der Waals surface area contributed by atoms with Crippen molar-refractivity contribution in [2.45, 2.75) is 39.4 Å². The summed E-state index contributed by atoms with van der Waals surface area (Å²) in [5.74, 6) is -1.22. The number of aliphatic hydroxyl groups is 1. The Bertz CT molecular complexity index is 2030. The van der Waals surface area contributed by atoms with Gasteiger partial charge in [-0.3, -0.25) is 14.3 Å². The van der Waals surface area contributed by atoms with Crippen molar-refractivity contribution in [2.24, 2.45) is 13.0 Å². The number of allylic oxidation sites excluding steroid dienone is 1. The molecule has 1 aliphatic heterocycles. The van der Waals surface area contributed by atoms with Crippen LogP contribution in [-0.4, -0.2) is 71.3 Å². The van der Waals surface area contributed by atoms with Gasteiger partial charge in [-0.2, -0.15) is 0 Å². The normalized spacial score (nSPS) is 17.4. The van der Waals surface area contributed by atoms with Crippen molar-refractivity contribution < 1.29 is 28.8 Å². The lowest BCUT2D eigenvalue weighted by atomic mass is 9.81. The molecule has 0 saturated carbocycles. The molecule has 0 fully saturated rings. The minimum absolute atomic E-state index is 0.0501. The fraction of sp³-hybridized carbons (Fsp3) is 0.359. The van der Waals surface area contributed by atoms with Crippen LogP contribution in [0.4, 0.5) is 5.69 Å². The van der Waals surface area contributed by atoms with Gasteiger partial charge in [0.05, 0.1) is 42.3 Å². The molecule has 51 heavy (non-hydrogen) atoms. The summed E-state index contributed by atoms with van der Waals surface area (Å²) in [6.45, 7) is 7.44. The number of aryl methyl sites for hydroxylation is 1. The minimum Gasteiger partial charge on any atom is -0.459 e. The molecule has 5 aromatic rings. The number of ether oxygens (including phenoxy) is 4. The summed E-state index contributed by atoms with van der Waals surface area (Å²) in [6, 6.07) is 23.2. The first-order valence-corrected chi connectivity index (χ1v) is 18.0. The van der Waals surface area contributed by atoms with Crippen molar-refractivity contribution in [3.8, 4) is 16.3 Å². The van der Waals surface area contributed by atoms with Crippen molar-refractivity contribution >= 4 is 33.1 Å². The number of carbonyl (C=O) groups is 1. The van der Waals surface area contributed by atoms with Crippen molar-refractivity contribution in [2.75, 3.05) is 45.0 Å². The van der Waals surface area contributed by atoms with Crippen LogP contribution in [0.2, 0.25) is 0 Å². The van der Waals surface area contributed by atoms with Gasteiger partial charge in [-0.25, -0.2) is 9.67 Å². The number of nitrogens with one attached hydrogen (secondary N) is 1. The second kappa shape index (κ2) is 16.6. The molecule has 3 heterocycles. The van der Waals surface area contributed by atoms with Crippen LogP contribution in [0.15, 0.2) is 89.4 Å². The molecule has 0 bridgehead atoms. The molecule has 12 heteroatoms. The highest BCUT2D eigenvalue weighted by Crippen LogP contribution is 2.39. The molecule has 2 aromatic heterocycles. The van der Waals surface area contributed by atoms with Gasteiger partial charge in [-0.1, -0.05) is 24.3 Å². The number of benzene rings is 3. The van der Waals surface area contributed by atoms with Gasteiger partial charge < -0.3 is 29.4 Å². The van der Waals surface area contributed by atoms with Gasteiger partial charge in [-0.05, 0) is 87.4 Å². The van der Waals surface area contributed by atoms with Crippen LogP contribution in [-0.2, 0) is 30.8 Å². The van der Waals surface area contributed by atoms with Crippen molar-refractivity contribution in [1.82, 2.24) is 14.3 Å². The van der Waals surface area contributed by atoms with E-state index in [-0.39, 0.29) is 30.5 Å². The van der Waals surface area contributed by atoms with Crippen LogP contribution in [0.3, 0.4) is 0 Å². The Morgan fingerprint density at radius 1 is 1.00 bits per heavy atom. The molecule has 268 valence electrons. The molecule has 1 amide bonds. The topological polar surface area (TPSA) is 126 Å². The van der Waals surface area contributed by atoms with E-state index in [1.165, 1.54) is 5.56 Å². The van der Waals surface area contributed by atoms with Crippen molar-refractivity contribution in [3.63, 3.8) is 0 Å².